The van der Waals surface area contributed by atoms with Crippen LogP contribution in [0.3, 0.4) is 0 Å². The fourth-order valence-electron chi connectivity index (χ4n) is 2.34. The summed E-state index contributed by atoms with van der Waals surface area (Å²) < 4.78 is 1.22. The first kappa shape index (κ1) is 12.6. The van der Waals surface area contributed by atoms with E-state index in [2.05, 4.69) is 40.7 Å². The van der Waals surface area contributed by atoms with Crippen molar-refractivity contribution < 1.29 is 0 Å². The van der Waals surface area contributed by atoms with Crippen LogP contribution in [0.1, 0.15) is 29.1 Å². The lowest BCUT2D eigenvalue weighted by Crippen LogP contribution is -2.31. The summed E-state index contributed by atoms with van der Waals surface area (Å²) in [6, 6.07) is 2.65. The van der Waals surface area contributed by atoms with Crippen LogP contribution in [0.5, 0.6) is 0 Å². The van der Waals surface area contributed by atoms with Crippen LogP contribution in [-0.2, 0) is 0 Å². The van der Waals surface area contributed by atoms with Gasteiger partial charge in [-0.15, -0.1) is 11.3 Å². The molecule has 0 bridgehead atoms. The molecular weight excluding hydrogens is 284 g/mol. The Bertz CT molecular complexity index is 344. The zero-order chi connectivity index (χ0) is 11.7. The summed E-state index contributed by atoms with van der Waals surface area (Å²) in [5.41, 5.74) is 5.94. The molecule has 1 aliphatic heterocycles. The quantitative estimate of drug-likeness (QED) is 0.929. The van der Waals surface area contributed by atoms with Crippen molar-refractivity contribution in [2.24, 2.45) is 11.7 Å². The highest BCUT2D eigenvalue weighted by Crippen LogP contribution is 2.35. The van der Waals surface area contributed by atoms with E-state index in [1.807, 2.05) is 11.3 Å². The predicted molar refractivity (Wildman–Crippen MR) is 73.9 cm³/mol. The van der Waals surface area contributed by atoms with E-state index in [1.54, 1.807) is 0 Å². The smallest absolute Gasteiger partial charge is 0.0564 e. The molecule has 0 saturated carbocycles. The molecule has 1 aliphatic rings. The van der Waals surface area contributed by atoms with Gasteiger partial charge in [-0.25, -0.2) is 0 Å². The Morgan fingerprint density at radius 3 is 2.88 bits per heavy atom. The molecule has 2 N–H and O–H groups in total. The summed E-state index contributed by atoms with van der Waals surface area (Å²) in [4.78, 5) is 5.28. The molecular formula is C12H19BrN2S. The Hall–Kier alpha value is 0.100. The topological polar surface area (TPSA) is 29.3 Å². The molecule has 1 saturated heterocycles. The van der Waals surface area contributed by atoms with Crippen LogP contribution in [0.15, 0.2) is 10.5 Å². The molecule has 2 unspecified atom stereocenters. The van der Waals surface area contributed by atoms with E-state index < -0.39 is 0 Å². The van der Waals surface area contributed by atoms with Crippen LogP contribution in [-0.4, -0.2) is 24.5 Å². The van der Waals surface area contributed by atoms with Crippen molar-refractivity contribution in [2.75, 3.05) is 19.6 Å². The van der Waals surface area contributed by atoms with Gasteiger partial charge < -0.3 is 5.73 Å². The second-order valence-electron chi connectivity index (χ2n) is 4.69. The number of aryl methyl sites for hydroxylation is 1. The molecule has 16 heavy (non-hydrogen) atoms. The third kappa shape index (κ3) is 2.50. The van der Waals surface area contributed by atoms with Crippen molar-refractivity contribution in [1.82, 2.24) is 4.90 Å². The van der Waals surface area contributed by atoms with Crippen LogP contribution < -0.4 is 5.73 Å². The number of rotatable bonds is 3. The zero-order valence-electron chi connectivity index (χ0n) is 9.87. The average molecular weight is 303 g/mol. The Kier molecular flexibility index (Phi) is 4.06. The third-order valence-corrected chi connectivity index (χ3v) is 5.56. The Morgan fingerprint density at radius 2 is 2.44 bits per heavy atom. The number of nitrogens with two attached hydrogens (primary N) is 1. The van der Waals surface area contributed by atoms with Crippen molar-refractivity contribution in [3.63, 3.8) is 0 Å². The minimum Gasteiger partial charge on any atom is -0.329 e. The predicted octanol–water partition coefficient (Wildman–Crippen LogP) is 3.16. The maximum atomic E-state index is 5.94. The third-order valence-electron chi connectivity index (χ3n) is 3.32. The SMILES string of the molecule is Cc1sc(C(CN)N2CCC(C)C2)cc1Br. The minimum atomic E-state index is 0.417. The molecule has 0 radical (unpaired) electrons. The lowest BCUT2D eigenvalue weighted by molar-refractivity contribution is 0.247. The van der Waals surface area contributed by atoms with E-state index in [1.165, 1.54) is 33.7 Å². The fraction of sp³-hybridized carbons (Fsp3) is 0.667. The maximum absolute atomic E-state index is 5.94. The Balaban J connectivity index is 2.16. The van der Waals surface area contributed by atoms with Crippen LogP contribution in [0.2, 0.25) is 0 Å². The number of nitrogens with zero attached hydrogens (tertiary/aromatic N) is 1. The van der Waals surface area contributed by atoms with Gasteiger partial charge in [-0.3, -0.25) is 4.90 Å². The molecule has 1 aromatic rings. The Morgan fingerprint density at radius 1 is 1.69 bits per heavy atom. The number of hydrogen-bond donors (Lipinski definition) is 1. The normalized spacial score (nSPS) is 23.9. The Labute approximate surface area is 110 Å². The molecule has 0 spiro atoms. The van der Waals surface area contributed by atoms with Crippen molar-refractivity contribution in [1.29, 1.82) is 0 Å². The van der Waals surface area contributed by atoms with Gasteiger partial charge in [0.25, 0.3) is 0 Å². The van der Waals surface area contributed by atoms with Crippen molar-refractivity contribution in [2.45, 2.75) is 26.3 Å². The van der Waals surface area contributed by atoms with Crippen LogP contribution >= 0.6 is 27.3 Å². The van der Waals surface area contributed by atoms with Gasteiger partial charge in [-0.2, -0.15) is 0 Å². The molecule has 90 valence electrons. The van der Waals surface area contributed by atoms with Crippen molar-refractivity contribution in [3.8, 4) is 0 Å². The number of halogens is 1. The number of hydrogen-bond acceptors (Lipinski definition) is 3. The molecule has 2 atom stereocenters. The van der Waals surface area contributed by atoms with Gasteiger partial charge in [-0.05, 0) is 47.8 Å². The maximum Gasteiger partial charge on any atom is 0.0564 e. The largest absolute Gasteiger partial charge is 0.329 e. The highest BCUT2D eigenvalue weighted by atomic mass is 79.9. The van der Waals surface area contributed by atoms with Gasteiger partial charge in [0.15, 0.2) is 0 Å². The lowest BCUT2D eigenvalue weighted by atomic mass is 10.2. The molecule has 2 rings (SSSR count). The molecule has 0 aromatic carbocycles. The van der Waals surface area contributed by atoms with Gasteiger partial charge in [0.1, 0.15) is 0 Å². The molecule has 0 aliphatic carbocycles. The summed E-state index contributed by atoms with van der Waals surface area (Å²) in [5.74, 6) is 0.818. The van der Waals surface area contributed by atoms with E-state index in [-0.39, 0.29) is 0 Å². The standard InChI is InChI=1S/C12H19BrN2S/c1-8-3-4-15(7-8)11(6-14)12-5-10(13)9(2)16-12/h5,8,11H,3-4,6-7,14H2,1-2H3. The first-order chi connectivity index (χ1) is 7.61. The number of likely N-dealkylation sites (tertiary alicyclic amines) is 1. The van der Waals surface area contributed by atoms with Gasteiger partial charge >= 0.3 is 0 Å². The van der Waals surface area contributed by atoms with Gasteiger partial charge in [0.2, 0.25) is 0 Å². The highest BCUT2D eigenvalue weighted by molar-refractivity contribution is 9.10. The lowest BCUT2D eigenvalue weighted by Gasteiger charge is -2.25. The van der Waals surface area contributed by atoms with E-state index in [9.17, 15) is 0 Å². The monoisotopic (exact) mass is 302 g/mol. The van der Waals surface area contributed by atoms with E-state index >= 15 is 0 Å². The summed E-state index contributed by atoms with van der Waals surface area (Å²) >= 11 is 5.45. The first-order valence-corrected chi connectivity index (χ1v) is 7.42. The van der Waals surface area contributed by atoms with Crippen LogP contribution in [0.4, 0.5) is 0 Å². The van der Waals surface area contributed by atoms with Gasteiger partial charge in [0.05, 0.1) is 6.04 Å². The fourth-order valence-corrected chi connectivity index (χ4v) is 4.05. The van der Waals surface area contributed by atoms with Crippen molar-refractivity contribution in [3.05, 3.63) is 20.3 Å². The molecule has 0 amide bonds. The first-order valence-electron chi connectivity index (χ1n) is 5.81. The summed E-state index contributed by atoms with van der Waals surface area (Å²) in [6.45, 7) is 7.58. The average Bonchev–Trinajstić information content (AvgIpc) is 2.77. The summed E-state index contributed by atoms with van der Waals surface area (Å²) in [7, 11) is 0. The molecule has 4 heteroatoms. The number of thiophene rings is 1. The van der Waals surface area contributed by atoms with Crippen LogP contribution in [0.25, 0.3) is 0 Å². The second-order valence-corrected chi connectivity index (χ2v) is 6.84. The molecule has 1 aromatic heterocycles. The highest BCUT2D eigenvalue weighted by Gasteiger charge is 2.27. The molecule has 1 fully saturated rings. The summed E-state index contributed by atoms with van der Waals surface area (Å²) in [6.07, 6.45) is 1.31. The van der Waals surface area contributed by atoms with Gasteiger partial charge in [0, 0.05) is 27.3 Å². The van der Waals surface area contributed by atoms with E-state index in [0.29, 0.717) is 6.04 Å². The van der Waals surface area contributed by atoms with E-state index in [0.717, 1.165) is 12.5 Å². The minimum absolute atomic E-state index is 0.417. The molecule has 2 nitrogen and oxygen atoms in total. The second kappa shape index (κ2) is 5.17. The van der Waals surface area contributed by atoms with Gasteiger partial charge in [-0.1, -0.05) is 6.92 Å². The zero-order valence-corrected chi connectivity index (χ0v) is 12.3. The van der Waals surface area contributed by atoms with Crippen LogP contribution in [0, 0.1) is 12.8 Å². The van der Waals surface area contributed by atoms with E-state index in [4.69, 9.17) is 5.73 Å². The summed E-state index contributed by atoms with van der Waals surface area (Å²) in [5, 5.41) is 0. The molecule has 2 heterocycles. The van der Waals surface area contributed by atoms with Crippen molar-refractivity contribution >= 4 is 27.3 Å².